The van der Waals surface area contributed by atoms with Gasteiger partial charge in [-0.2, -0.15) is 0 Å². The number of rotatable bonds is 6. The number of aliphatic carboxylic acids is 1. The molecule has 17 heavy (non-hydrogen) atoms. The molecule has 0 aliphatic rings. The second-order valence-corrected chi connectivity index (χ2v) is 3.94. The normalized spacial score (nSPS) is 12.1. The minimum atomic E-state index is -0.826. The molecule has 1 rings (SSSR count). The van der Waals surface area contributed by atoms with E-state index >= 15 is 0 Å². The number of anilines is 1. The van der Waals surface area contributed by atoms with Gasteiger partial charge in [0.1, 0.15) is 0 Å². The van der Waals surface area contributed by atoms with E-state index in [9.17, 15) is 9.59 Å². The predicted octanol–water partition coefficient (Wildman–Crippen LogP) is 0.693. The van der Waals surface area contributed by atoms with Crippen molar-refractivity contribution in [2.24, 2.45) is 13.0 Å². The van der Waals surface area contributed by atoms with Crippen LogP contribution in [0, 0.1) is 5.92 Å². The molecule has 2 N–H and O–H groups in total. The Hall–Kier alpha value is -1.85. The molecule has 1 heterocycles. The fourth-order valence-corrected chi connectivity index (χ4v) is 1.47. The molecule has 1 aromatic heterocycles. The molecule has 0 bridgehead atoms. The monoisotopic (exact) mass is 239 g/mol. The van der Waals surface area contributed by atoms with Gasteiger partial charge in [-0.25, -0.2) is 4.98 Å². The Morgan fingerprint density at radius 1 is 1.65 bits per heavy atom. The summed E-state index contributed by atoms with van der Waals surface area (Å²) in [6.07, 6.45) is 3.94. The van der Waals surface area contributed by atoms with Gasteiger partial charge in [0.25, 0.3) is 5.56 Å². The van der Waals surface area contributed by atoms with E-state index in [1.807, 2.05) is 6.92 Å². The number of nitrogens with zero attached hydrogens (tertiary/aromatic N) is 2. The van der Waals surface area contributed by atoms with Crippen LogP contribution in [0.1, 0.15) is 19.8 Å². The third kappa shape index (κ3) is 3.90. The SMILES string of the molecule is CCC(CNc1nccn(C)c1=O)CC(=O)O. The van der Waals surface area contributed by atoms with Gasteiger partial charge in [0.2, 0.25) is 0 Å². The number of hydrogen-bond acceptors (Lipinski definition) is 4. The number of nitrogens with one attached hydrogen (secondary N) is 1. The smallest absolute Gasteiger partial charge is 0.303 e. The van der Waals surface area contributed by atoms with Crippen LogP contribution < -0.4 is 10.9 Å². The summed E-state index contributed by atoms with van der Waals surface area (Å²) in [6.45, 7) is 2.36. The molecule has 1 aromatic rings. The van der Waals surface area contributed by atoms with E-state index in [-0.39, 0.29) is 23.7 Å². The van der Waals surface area contributed by atoms with Gasteiger partial charge in [0, 0.05) is 32.4 Å². The summed E-state index contributed by atoms with van der Waals surface area (Å²) in [6, 6.07) is 0. The standard InChI is InChI=1S/C11H17N3O3/c1-3-8(6-9(15)16)7-13-10-11(17)14(2)5-4-12-10/h4-5,8H,3,6-7H2,1-2H3,(H,12,13)(H,15,16). The van der Waals surface area contributed by atoms with Gasteiger partial charge in [0.15, 0.2) is 5.82 Å². The van der Waals surface area contributed by atoms with Crippen molar-refractivity contribution in [1.29, 1.82) is 0 Å². The third-order valence-corrected chi connectivity index (χ3v) is 2.62. The van der Waals surface area contributed by atoms with Crippen molar-refractivity contribution < 1.29 is 9.90 Å². The average Bonchev–Trinajstić information content (AvgIpc) is 2.28. The molecule has 0 saturated heterocycles. The van der Waals surface area contributed by atoms with E-state index in [1.165, 1.54) is 10.8 Å². The Kier molecular flexibility index (Phi) is 4.68. The summed E-state index contributed by atoms with van der Waals surface area (Å²) in [5.74, 6) is -0.564. The van der Waals surface area contributed by atoms with Crippen molar-refractivity contribution in [3.8, 4) is 0 Å². The molecular weight excluding hydrogens is 222 g/mol. The zero-order chi connectivity index (χ0) is 12.8. The Bertz CT molecular complexity index is 442. The van der Waals surface area contributed by atoms with Crippen LogP contribution in [0.15, 0.2) is 17.2 Å². The quantitative estimate of drug-likeness (QED) is 0.763. The largest absolute Gasteiger partial charge is 0.481 e. The summed E-state index contributed by atoms with van der Waals surface area (Å²) in [5.41, 5.74) is -0.210. The lowest BCUT2D eigenvalue weighted by molar-refractivity contribution is -0.138. The van der Waals surface area contributed by atoms with Gasteiger partial charge in [0.05, 0.1) is 0 Å². The second-order valence-electron chi connectivity index (χ2n) is 3.94. The van der Waals surface area contributed by atoms with E-state index < -0.39 is 5.97 Å². The lowest BCUT2D eigenvalue weighted by Crippen LogP contribution is -2.25. The van der Waals surface area contributed by atoms with Crippen LogP contribution in [-0.2, 0) is 11.8 Å². The molecule has 0 spiro atoms. The lowest BCUT2D eigenvalue weighted by atomic mass is 10.0. The summed E-state index contributed by atoms with van der Waals surface area (Å²) in [5, 5.41) is 11.6. The van der Waals surface area contributed by atoms with Crippen molar-refractivity contribution in [3.63, 3.8) is 0 Å². The minimum Gasteiger partial charge on any atom is -0.481 e. The molecule has 0 aliphatic carbocycles. The Morgan fingerprint density at radius 3 is 2.94 bits per heavy atom. The fraction of sp³-hybridized carbons (Fsp3) is 0.545. The van der Waals surface area contributed by atoms with Crippen LogP contribution in [-0.4, -0.2) is 27.2 Å². The second kappa shape index (κ2) is 6.03. The van der Waals surface area contributed by atoms with Crippen LogP contribution in [0.5, 0.6) is 0 Å². The van der Waals surface area contributed by atoms with Crippen molar-refractivity contribution in [2.75, 3.05) is 11.9 Å². The highest BCUT2D eigenvalue weighted by Crippen LogP contribution is 2.08. The van der Waals surface area contributed by atoms with Crippen LogP contribution in [0.3, 0.4) is 0 Å². The predicted molar refractivity (Wildman–Crippen MR) is 64.0 cm³/mol. The van der Waals surface area contributed by atoms with Gasteiger partial charge in [-0.15, -0.1) is 0 Å². The van der Waals surface area contributed by atoms with Crippen molar-refractivity contribution in [1.82, 2.24) is 9.55 Å². The molecule has 94 valence electrons. The van der Waals surface area contributed by atoms with Gasteiger partial charge >= 0.3 is 5.97 Å². The zero-order valence-electron chi connectivity index (χ0n) is 10.0. The Balaban J connectivity index is 2.63. The van der Waals surface area contributed by atoms with Gasteiger partial charge in [-0.1, -0.05) is 13.3 Å². The van der Waals surface area contributed by atoms with Crippen molar-refractivity contribution in [3.05, 3.63) is 22.7 Å². The van der Waals surface area contributed by atoms with Crippen LogP contribution in [0.2, 0.25) is 0 Å². The van der Waals surface area contributed by atoms with Gasteiger partial charge < -0.3 is 15.0 Å². The summed E-state index contributed by atoms with van der Waals surface area (Å²) >= 11 is 0. The van der Waals surface area contributed by atoms with E-state index in [0.717, 1.165) is 6.42 Å². The molecular formula is C11H17N3O3. The molecule has 0 aromatic carbocycles. The number of carboxylic acids is 1. The van der Waals surface area contributed by atoms with E-state index in [1.54, 1.807) is 13.2 Å². The summed E-state index contributed by atoms with van der Waals surface area (Å²) in [4.78, 5) is 26.1. The number of aromatic nitrogens is 2. The molecule has 6 nitrogen and oxygen atoms in total. The molecule has 0 fully saturated rings. The fourth-order valence-electron chi connectivity index (χ4n) is 1.47. The van der Waals surface area contributed by atoms with E-state index in [0.29, 0.717) is 6.54 Å². The third-order valence-electron chi connectivity index (χ3n) is 2.62. The Morgan fingerprint density at radius 2 is 2.35 bits per heavy atom. The van der Waals surface area contributed by atoms with Gasteiger partial charge in [-0.05, 0) is 5.92 Å². The van der Waals surface area contributed by atoms with Crippen LogP contribution in [0.25, 0.3) is 0 Å². The van der Waals surface area contributed by atoms with Crippen molar-refractivity contribution in [2.45, 2.75) is 19.8 Å². The molecule has 0 saturated carbocycles. The molecule has 0 radical (unpaired) electrons. The van der Waals surface area contributed by atoms with Crippen molar-refractivity contribution >= 4 is 11.8 Å². The van der Waals surface area contributed by atoms with E-state index in [2.05, 4.69) is 10.3 Å². The first-order valence-corrected chi connectivity index (χ1v) is 5.51. The number of carboxylic acid groups (broad SMARTS) is 1. The first-order valence-electron chi connectivity index (χ1n) is 5.51. The first kappa shape index (κ1) is 13.2. The van der Waals surface area contributed by atoms with Crippen LogP contribution >= 0.6 is 0 Å². The first-order chi connectivity index (χ1) is 8.04. The molecule has 1 unspecified atom stereocenters. The molecule has 1 atom stereocenters. The molecule has 0 aliphatic heterocycles. The van der Waals surface area contributed by atoms with Crippen LogP contribution in [0.4, 0.5) is 5.82 Å². The maximum Gasteiger partial charge on any atom is 0.303 e. The Labute approximate surface area is 99.3 Å². The summed E-state index contributed by atoms with van der Waals surface area (Å²) < 4.78 is 1.42. The highest BCUT2D eigenvalue weighted by molar-refractivity contribution is 5.67. The maximum absolute atomic E-state index is 11.6. The number of aryl methyl sites for hydroxylation is 1. The highest BCUT2D eigenvalue weighted by atomic mass is 16.4. The number of carbonyl (C=O) groups is 1. The van der Waals surface area contributed by atoms with Gasteiger partial charge in [-0.3, -0.25) is 9.59 Å². The van der Waals surface area contributed by atoms with E-state index in [4.69, 9.17) is 5.11 Å². The summed E-state index contributed by atoms with van der Waals surface area (Å²) in [7, 11) is 1.64. The average molecular weight is 239 g/mol. The molecule has 0 amide bonds. The highest BCUT2D eigenvalue weighted by Gasteiger charge is 2.12. The lowest BCUT2D eigenvalue weighted by Gasteiger charge is -2.13. The zero-order valence-corrected chi connectivity index (χ0v) is 10.0. The molecule has 6 heteroatoms. The topological polar surface area (TPSA) is 84.2 Å². The number of hydrogen-bond donors (Lipinski definition) is 2. The minimum absolute atomic E-state index is 0.000729. The maximum atomic E-state index is 11.6.